The van der Waals surface area contributed by atoms with Gasteiger partial charge in [0.15, 0.2) is 5.82 Å². The fourth-order valence-electron chi connectivity index (χ4n) is 2.48. The van der Waals surface area contributed by atoms with E-state index in [0.29, 0.717) is 33.2 Å². The fourth-order valence-corrected chi connectivity index (χ4v) is 3.36. The number of non-ortho nitro benzene ring substituents is 1. The van der Waals surface area contributed by atoms with Crippen LogP contribution in [0, 0.1) is 10.1 Å². The van der Waals surface area contributed by atoms with Crippen molar-refractivity contribution in [3.63, 3.8) is 0 Å². The second-order valence-corrected chi connectivity index (χ2v) is 7.16. The standard InChI is InChI=1S/C17H12ClN7O3S/c18-12-3-1-2-11(8-12)15-21-23-17(24(15)19)29-9-14-20-22-16(28-14)10-4-6-13(7-5-10)25(26)27/h1-8H,9,19H2. The molecule has 2 aromatic heterocycles. The number of nitro benzene ring substituents is 1. The van der Waals surface area contributed by atoms with Crippen molar-refractivity contribution < 1.29 is 9.34 Å². The van der Waals surface area contributed by atoms with E-state index in [-0.39, 0.29) is 11.6 Å². The zero-order valence-electron chi connectivity index (χ0n) is 14.6. The molecule has 2 heterocycles. The SMILES string of the molecule is Nn1c(SCc2nnc(-c3ccc([N+](=O)[O-])cc3)o2)nnc1-c1cccc(Cl)c1. The predicted octanol–water partition coefficient (Wildman–Crippen LogP) is 3.56. The second-order valence-electron chi connectivity index (χ2n) is 5.78. The maximum absolute atomic E-state index is 10.7. The number of nitrogen functional groups attached to an aromatic ring is 1. The summed E-state index contributed by atoms with van der Waals surface area (Å²) < 4.78 is 6.98. The van der Waals surface area contributed by atoms with E-state index in [1.165, 1.54) is 28.6 Å². The van der Waals surface area contributed by atoms with Crippen molar-refractivity contribution in [1.82, 2.24) is 25.1 Å². The summed E-state index contributed by atoms with van der Waals surface area (Å²) in [5.74, 6) is 7.52. The molecule has 0 saturated carbocycles. The maximum Gasteiger partial charge on any atom is 0.269 e. The minimum absolute atomic E-state index is 0.0122. The Morgan fingerprint density at radius 3 is 2.62 bits per heavy atom. The summed E-state index contributed by atoms with van der Waals surface area (Å²) in [6.07, 6.45) is 0. The lowest BCUT2D eigenvalue weighted by Crippen LogP contribution is -2.11. The number of nitro groups is 1. The topological polar surface area (TPSA) is 139 Å². The Kier molecular flexibility index (Phi) is 5.14. The van der Waals surface area contributed by atoms with E-state index >= 15 is 0 Å². The summed E-state index contributed by atoms with van der Waals surface area (Å²) >= 11 is 7.29. The molecule has 0 bridgehead atoms. The molecule has 4 aromatic rings. The van der Waals surface area contributed by atoms with Crippen LogP contribution < -0.4 is 5.84 Å². The molecule has 0 aliphatic rings. The Morgan fingerprint density at radius 1 is 1.10 bits per heavy atom. The van der Waals surface area contributed by atoms with Gasteiger partial charge in [-0.05, 0) is 24.3 Å². The number of nitrogens with two attached hydrogens (primary N) is 1. The molecule has 0 amide bonds. The number of benzene rings is 2. The van der Waals surface area contributed by atoms with Crippen molar-refractivity contribution in [2.75, 3.05) is 5.84 Å². The van der Waals surface area contributed by atoms with Crippen molar-refractivity contribution in [2.24, 2.45) is 0 Å². The van der Waals surface area contributed by atoms with E-state index in [1.807, 2.05) is 6.07 Å². The molecule has 29 heavy (non-hydrogen) atoms. The van der Waals surface area contributed by atoms with E-state index < -0.39 is 4.92 Å². The number of thioether (sulfide) groups is 1. The maximum atomic E-state index is 10.7. The third-order valence-electron chi connectivity index (χ3n) is 3.86. The number of nitrogens with zero attached hydrogens (tertiary/aromatic N) is 6. The van der Waals surface area contributed by atoms with Crippen LogP contribution in [-0.4, -0.2) is 30.0 Å². The van der Waals surface area contributed by atoms with Crippen LogP contribution in [0.2, 0.25) is 5.02 Å². The second kappa shape index (κ2) is 7.89. The lowest BCUT2D eigenvalue weighted by molar-refractivity contribution is -0.384. The highest BCUT2D eigenvalue weighted by molar-refractivity contribution is 7.98. The monoisotopic (exact) mass is 429 g/mol. The van der Waals surface area contributed by atoms with Crippen molar-refractivity contribution in [3.8, 4) is 22.8 Å². The minimum atomic E-state index is -0.472. The Morgan fingerprint density at radius 2 is 1.90 bits per heavy atom. The molecule has 0 aliphatic heterocycles. The molecule has 0 atom stereocenters. The van der Waals surface area contributed by atoms with Gasteiger partial charge in [0, 0.05) is 28.3 Å². The van der Waals surface area contributed by atoms with Gasteiger partial charge < -0.3 is 10.3 Å². The van der Waals surface area contributed by atoms with Crippen LogP contribution in [0.15, 0.2) is 58.1 Å². The van der Waals surface area contributed by atoms with E-state index in [1.54, 1.807) is 30.3 Å². The van der Waals surface area contributed by atoms with Gasteiger partial charge in [-0.15, -0.1) is 20.4 Å². The van der Waals surface area contributed by atoms with Gasteiger partial charge in [-0.3, -0.25) is 10.1 Å². The molecule has 10 nitrogen and oxygen atoms in total. The summed E-state index contributed by atoms with van der Waals surface area (Å²) in [6.45, 7) is 0. The minimum Gasteiger partial charge on any atom is -0.420 e. The van der Waals surface area contributed by atoms with Crippen LogP contribution >= 0.6 is 23.4 Å². The number of halogens is 1. The molecular weight excluding hydrogens is 418 g/mol. The van der Waals surface area contributed by atoms with Gasteiger partial charge in [0.2, 0.25) is 16.9 Å². The number of rotatable bonds is 6. The third-order valence-corrected chi connectivity index (χ3v) is 5.03. The molecule has 2 N–H and O–H groups in total. The fraction of sp³-hybridized carbons (Fsp3) is 0.0588. The van der Waals surface area contributed by atoms with E-state index in [4.69, 9.17) is 21.9 Å². The predicted molar refractivity (Wildman–Crippen MR) is 107 cm³/mol. The number of aromatic nitrogens is 5. The van der Waals surface area contributed by atoms with Crippen LogP contribution in [0.3, 0.4) is 0 Å². The number of hydrogen-bond acceptors (Lipinski definition) is 9. The molecule has 12 heteroatoms. The molecule has 0 unspecified atom stereocenters. The molecule has 2 aromatic carbocycles. The first-order chi connectivity index (χ1) is 14.0. The average molecular weight is 430 g/mol. The van der Waals surface area contributed by atoms with Gasteiger partial charge >= 0.3 is 0 Å². The van der Waals surface area contributed by atoms with Gasteiger partial charge in [0.25, 0.3) is 5.69 Å². The van der Waals surface area contributed by atoms with E-state index in [0.717, 1.165) is 5.56 Å². The van der Waals surface area contributed by atoms with Crippen LogP contribution in [0.5, 0.6) is 0 Å². The Hall–Kier alpha value is -3.44. The summed E-state index contributed by atoms with van der Waals surface area (Å²) in [5.41, 5.74) is 1.32. The lowest BCUT2D eigenvalue weighted by atomic mass is 10.2. The Labute approximate surface area is 172 Å². The highest BCUT2D eigenvalue weighted by atomic mass is 35.5. The first kappa shape index (κ1) is 18.9. The summed E-state index contributed by atoms with van der Waals surface area (Å²) in [5, 5.41) is 27.9. The van der Waals surface area contributed by atoms with Gasteiger partial charge in [0.05, 0.1) is 10.7 Å². The quantitative estimate of drug-likeness (QED) is 0.211. The lowest BCUT2D eigenvalue weighted by Gasteiger charge is -2.03. The largest absolute Gasteiger partial charge is 0.420 e. The Bertz CT molecular complexity index is 1180. The zero-order valence-corrected chi connectivity index (χ0v) is 16.2. The van der Waals surface area contributed by atoms with Crippen molar-refractivity contribution in [3.05, 3.63) is 69.6 Å². The first-order valence-corrected chi connectivity index (χ1v) is 9.54. The van der Waals surface area contributed by atoms with Gasteiger partial charge in [-0.25, -0.2) is 4.68 Å². The molecule has 146 valence electrons. The van der Waals surface area contributed by atoms with Crippen LogP contribution in [-0.2, 0) is 5.75 Å². The molecule has 0 saturated heterocycles. The molecule has 0 aliphatic carbocycles. The normalized spacial score (nSPS) is 10.9. The van der Waals surface area contributed by atoms with Gasteiger partial charge in [0.1, 0.15) is 0 Å². The summed E-state index contributed by atoms with van der Waals surface area (Å²) in [4.78, 5) is 10.3. The zero-order chi connectivity index (χ0) is 20.4. The summed E-state index contributed by atoms with van der Waals surface area (Å²) in [6, 6.07) is 13.0. The van der Waals surface area contributed by atoms with Crippen molar-refractivity contribution >= 4 is 29.1 Å². The van der Waals surface area contributed by atoms with E-state index in [9.17, 15) is 10.1 Å². The van der Waals surface area contributed by atoms with Gasteiger partial charge in [-0.2, -0.15) is 0 Å². The Balaban J connectivity index is 1.46. The van der Waals surface area contributed by atoms with Gasteiger partial charge in [-0.1, -0.05) is 35.5 Å². The average Bonchev–Trinajstić information content (AvgIpc) is 3.33. The molecule has 0 spiro atoms. The highest BCUT2D eigenvalue weighted by Crippen LogP contribution is 2.27. The smallest absolute Gasteiger partial charge is 0.269 e. The van der Waals surface area contributed by atoms with Crippen LogP contribution in [0.4, 0.5) is 5.69 Å². The van der Waals surface area contributed by atoms with Crippen molar-refractivity contribution in [1.29, 1.82) is 0 Å². The van der Waals surface area contributed by atoms with E-state index in [2.05, 4.69) is 20.4 Å². The third kappa shape index (κ3) is 4.05. The number of hydrogen-bond donors (Lipinski definition) is 1. The molecular formula is C17H12ClN7O3S. The highest BCUT2D eigenvalue weighted by Gasteiger charge is 2.15. The summed E-state index contributed by atoms with van der Waals surface area (Å²) in [7, 11) is 0. The van der Waals surface area contributed by atoms with Crippen LogP contribution in [0.1, 0.15) is 5.89 Å². The molecule has 0 radical (unpaired) electrons. The molecule has 0 fully saturated rings. The van der Waals surface area contributed by atoms with Crippen molar-refractivity contribution in [2.45, 2.75) is 10.9 Å². The molecule has 4 rings (SSSR count). The van der Waals surface area contributed by atoms with Crippen LogP contribution in [0.25, 0.3) is 22.8 Å². The first-order valence-electron chi connectivity index (χ1n) is 8.17.